The predicted molar refractivity (Wildman–Crippen MR) is 112 cm³/mol. The maximum atomic E-state index is 13.0. The first-order valence-electron chi connectivity index (χ1n) is 11.7. The Hall–Kier alpha value is -2.36. The number of alkyl halides is 3. The quantitative estimate of drug-likeness (QED) is 0.728. The third-order valence-electron chi connectivity index (χ3n) is 7.73. The number of halogens is 3. The van der Waals surface area contributed by atoms with Crippen LogP contribution in [0.3, 0.4) is 0 Å². The number of piperidine rings is 1. The lowest BCUT2D eigenvalue weighted by molar-refractivity contribution is -0.140. The van der Waals surface area contributed by atoms with Crippen molar-refractivity contribution in [2.24, 2.45) is 11.3 Å². The summed E-state index contributed by atoms with van der Waals surface area (Å²) in [5.41, 5.74) is 0.160. The Labute approximate surface area is 190 Å². The van der Waals surface area contributed by atoms with Crippen molar-refractivity contribution in [1.29, 1.82) is 0 Å². The van der Waals surface area contributed by atoms with Crippen LogP contribution in [0.2, 0.25) is 0 Å². The largest absolute Gasteiger partial charge is 0.417 e. The van der Waals surface area contributed by atoms with E-state index in [2.05, 4.69) is 10.3 Å². The summed E-state index contributed by atoms with van der Waals surface area (Å²) in [4.78, 5) is 32.3. The molecule has 10 heteroatoms. The smallest absolute Gasteiger partial charge is 0.366 e. The van der Waals surface area contributed by atoms with E-state index in [0.717, 1.165) is 57.5 Å². The second kappa shape index (κ2) is 8.45. The molecule has 3 amide bonds. The summed E-state index contributed by atoms with van der Waals surface area (Å²) in [6.45, 7) is 2.73. The van der Waals surface area contributed by atoms with Gasteiger partial charge in [0.25, 0.3) is 0 Å². The van der Waals surface area contributed by atoms with Crippen LogP contribution in [0, 0.1) is 11.3 Å². The molecule has 4 aliphatic rings. The summed E-state index contributed by atoms with van der Waals surface area (Å²) < 4.78 is 43.7. The van der Waals surface area contributed by atoms with E-state index in [-0.39, 0.29) is 36.1 Å². The van der Waals surface area contributed by atoms with Gasteiger partial charge in [-0.1, -0.05) is 0 Å². The van der Waals surface area contributed by atoms with Crippen LogP contribution >= 0.6 is 0 Å². The van der Waals surface area contributed by atoms with Crippen molar-refractivity contribution < 1.29 is 27.5 Å². The topological polar surface area (TPSA) is 74.8 Å². The Morgan fingerprint density at radius 2 is 1.94 bits per heavy atom. The fourth-order valence-corrected chi connectivity index (χ4v) is 5.79. The Balaban J connectivity index is 1.08. The molecule has 1 saturated carbocycles. The highest BCUT2D eigenvalue weighted by atomic mass is 19.4. The van der Waals surface area contributed by atoms with Gasteiger partial charge in [0.15, 0.2) is 0 Å². The summed E-state index contributed by atoms with van der Waals surface area (Å²) >= 11 is 0. The molecule has 1 aliphatic carbocycles. The second-order valence-corrected chi connectivity index (χ2v) is 10.1. The van der Waals surface area contributed by atoms with Crippen LogP contribution in [-0.2, 0) is 22.1 Å². The number of nitrogens with zero attached hydrogens (tertiary/aromatic N) is 3. The zero-order valence-electron chi connectivity index (χ0n) is 18.4. The van der Waals surface area contributed by atoms with Crippen molar-refractivity contribution in [2.45, 2.75) is 56.8 Å². The summed E-state index contributed by atoms with van der Waals surface area (Å²) in [7, 11) is 0. The van der Waals surface area contributed by atoms with Crippen molar-refractivity contribution in [3.8, 4) is 0 Å². The van der Waals surface area contributed by atoms with Gasteiger partial charge in [-0.3, -0.25) is 9.78 Å². The zero-order valence-corrected chi connectivity index (χ0v) is 18.4. The monoisotopic (exact) mass is 466 g/mol. The van der Waals surface area contributed by atoms with E-state index in [9.17, 15) is 22.8 Å². The number of nitrogens with one attached hydrogen (secondary N) is 1. The molecule has 3 saturated heterocycles. The minimum absolute atomic E-state index is 0.0103. The summed E-state index contributed by atoms with van der Waals surface area (Å²) in [6, 6.07) is 2.50. The maximum Gasteiger partial charge on any atom is 0.417 e. The molecule has 2 atom stereocenters. The number of fused-ring (bicyclic) bond motifs is 1. The Kier molecular flexibility index (Phi) is 5.74. The first-order chi connectivity index (χ1) is 15.7. The standard InChI is InChI=1S/C23H29F3N4O3/c24-23(25,26)16-1-2-17(27-10-16)9-15-3-6-22(7-4-15)13-30(14-22)21(32)29-8-5-19-18(11-29)28-20(31)12-33-19/h1-2,10,15,18-19H,3-9,11-14H2,(H,28,31)/t18-,19+/m0/s1. The van der Waals surface area contributed by atoms with Gasteiger partial charge in [0, 0.05) is 43.5 Å². The lowest BCUT2D eigenvalue weighted by Gasteiger charge is -2.55. The van der Waals surface area contributed by atoms with Crippen LogP contribution < -0.4 is 5.32 Å². The number of carbonyl (C=O) groups is 2. The molecule has 33 heavy (non-hydrogen) atoms. The van der Waals surface area contributed by atoms with Crippen LogP contribution in [0.4, 0.5) is 18.0 Å². The Bertz CT molecular complexity index is 891. The molecular formula is C23H29F3N4O3. The molecule has 1 N–H and O–H groups in total. The van der Waals surface area contributed by atoms with Crippen molar-refractivity contribution in [3.63, 3.8) is 0 Å². The molecule has 1 spiro atoms. The van der Waals surface area contributed by atoms with Crippen LogP contribution in [0.5, 0.6) is 0 Å². The van der Waals surface area contributed by atoms with E-state index < -0.39 is 11.7 Å². The molecule has 0 radical (unpaired) electrons. The van der Waals surface area contributed by atoms with Crippen LogP contribution in [0.1, 0.15) is 43.4 Å². The molecule has 0 aromatic carbocycles. The number of ether oxygens (including phenoxy) is 1. The van der Waals surface area contributed by atoms with Crippen molar-refractivity contribution in [3.05, 3.63) is 29.6 Å². The maximum absolute atomic E-state index is 13.0. The normalized spacial score (nSPS) is 27.7. The summed E-state index contributed by atoms with van der Waals surface area (Å²) in [5, 5.41) is 2.93. The molecular weight excluding hydrogens is 437 g/mol. The zero-order chi connectivity index (χ0) is 23.2. The number of aromatic nitrogens is 1. The third-order valence-corrected chi connectivity index (χ3v) is 7.73. The molecule has 180 valence electrons. The molecule has 0 unspecified atom stereocenters. The molecule has 0 bridgehead atoms. The van der Waals surface area contributed by atoms with Gasteiger partial charge in [-0.2, -0.15) is 13.2 Å². The molecule has 4 fully saturated rings. The number of likely N-dealkylation sites (tertiary alicyclic amines) is 2. The van der Waals surface area contributed by atoms with E-state index in [4.69, 9.17) is 4.74 Å². The molecule has 7 nitrogen and oxygen atoms in total. The Morgan fingerprint density at radius 3 is 2.61 bits per heavy atom. The van der Waals surface area contributed by atoms with Gasteiger partial charge in [-0.15, -0.1) is 0 Å². The second-order valence-electron chi connectivity index (χ2n) is 10.1. The molecule has 5 rings (SSSR count). The third kappa shape index (κ3) is 4.67. The fourth-order valence-electron chi connectivity index (χ4n) is 5.79. The highest BCUT2D eigenvalue weighted by Gasteiger charge is 2.48. The SMILES string of the molecule is O=C1CO[C@@H]2CCN(C(=O)N3CC4(CCC(Cc5ccc(C(F)(F)F)cn5)CC4)C3)C[C@@H]2N1. The number of morpholine rings is 1. The fraction of sp³-hybridized carbons (Fsp3) is 0.696. The number of rotatable bonds is 2. The molecule has 4 heterocycles. The number of carbonyl (C=O) groups excluding carboxylic acids is 2. The van der Waals surface area contributed by atoms with Gasteiger partial charge >= 0.3 is 12.2 Å². The van der Waals surface area contributed by atoms with Crippen molar-refractivity contribution >= 4 is 11.9 Å². The first-order valence-corrected chi connectivity index (χ1v) is 11.7. The highest BCUT2D eigenvalue weighted by molar-refractivity contribution is 5.79. The van der Waals surface area contributed by atoms with Crippen LogP contribution in [0.25, 0.3) is 0 Å². The lowest BCUT2D eigenvalue weighted by atomic mass is 9.65. The van der Waals surface area contributed by atoms with E-state index in [0.29, 0.717) is 31.1 Å². The average Bonchev–Trinajstić information content (AvgIpc) is 2.77. The molecule has 1 aromatic heterocycles. The van der Waals surface area contributed by atoms with Gasteiger partial charge in [-0.05, 0) is 56.6 Å². The van der Waals surface area contributed by atoms with E-state index in [1.165, 1.54) is 6.07 Å². The Morgan fingerprint density at radius 1 is 1.18 bits per heavy atom. The van der Waals surface area contributed by atoms with Gasteiger partial charge in [0.1, 0.15) is 6.61 Å². The average molecular weight is 467 g/mol. The van der Waals surface area contributed by atoms with E-state index >= 15 is 0 Å². The summed E-state index contributed by atoms with van der Waals surface area (Å²) in [6.07, 6.45) is 2.03. The van der Waals surface area contributed by atoms with Crippen molar-refractivity contribution in [1.82, 2.24) is 20.1 Å². The van der Waals surface area contributed by atoms with Crippen LogP contribution in [0.15, 0.2) is 18.3 Å². The van der Waals surface area contributed by atoms with Gasteiger partial charge in [-0.25, -0.2) is 4.79 Å². The first kappa shape index (κ1) is 22.4. The minimum atomic E-state index is -4.36. The number of urea groups is 1. The van der Waals surface area contributed by atoms with Gasteiger partial charge < -0.3 is 19.9 Å². The van der Waals surface area contributed by atoms with Crippen LogP contribution in [-0.4, -0.2) is 71.7 Å². The van der Waals surface area contributed by atoms with E-state index in [1.54, 1.807) is 0 Å². The number of amides is 3. The molecule has 3 aliphatic heterocycles. The number of hydrogen-bond acceptors (Lipinski definition) is 4. The predicted octanol–water partition coefficient (Wildman–Crippen LogP) is 2.84. The number of hydrogen-bond donors (Lipinski definition) is 1. The van der Waals surface area contributed by atoms with Gasteiger partial charge in [0.05, 0.1) is 17.7 Å². The van der Waals surface area contributed by atoms with Gasteiger partial charge in [0.2, 0.25) is 5.91 Å². The highest BCUT2D eigenvalue weighted by Crippen LogP contribution is 2.46. The lowest BCUT2D eigenvalue weighted by Crippen LogP contribution is -2.66. The van der Waals surface area contributed by atoms with E-state index in [1.807, 2.05) is 9.80 Å². The summed E-state index contributed by atoms with van der Waals surface area (Å²) in [5.74, 6) is 0.287. The molecule has 1 aromatic rings. The number of pyridine rings is 1. The minimum Gasteiger partial charge on any atom is -0.366 e. The van der Waals surface area contributed by atoms with Crippen molar-refractivity contribution in [2.75, 3.05) is 32.8 Å².